The molecule has 1 aliphatic heterocycles. The molecule has 0 bridgehead atoms. The number of thiophene rings is 1. The fourth-order valence-corrected chi connectivity index (χ4v) is 3.06. The predicted octanol–water partition coefficient (Wildman–Crippen LogP) is 2.83. The molecule has 0 spiro atoms. The van der Waals surface area contributed by atoms with Gasteiger partial charge in [-0.2, -0.15) is 11.3 Å². The van der Waals surface area contributed by atoms with Gasteiger partial charge >= 0.3 is 5.97 Å². The van der Waals surface area contributed by atoms with Gasteiger partial charge < -0.3 is 10.0 Å². The molecule has 1 fully saturated rings. The highest BCUT2D eigenvalue weighted by Gasteiger charge is 2.31. The molecule has 19 heavy (non-hydrogen) atoms. The van der Waals surface area contributed by atoms with Crippen molar-refractivity contribution in [2.45, 2.75) is 32.7 Å². The number of likely N-dealkylation sites (tertiary alicyclic amines) is 1. The Kier molecular flexibility index (Phi) is 4.04. The van der Waals surface area contributed by atoms with E-state index in [1.54, 1.807) is 23.2 Å². The molecule has 0 aliphatic carbocycles. The van der Waals surface area contributed by atoms with Crippen molar-refractivity contribution in [1.82, 2.24) is 4.90 Å². The third kappa shape index (κ3) is 2.71. The molecule has 1 unspecified atom stereocenters. The lowest BCUT2D eigenvalue weighted by atomic mass is 10.1. The van der Waals surface area contributed by atoms with E-state index in [0.29, 0.717) is 12.1 Å². The third-order valence-corrected chi connectivity index (χ3v) is 4.35. The summed E-state index contributed by atoms with van der Waals surface area (Å²) < 4.78 is 0. The van der Waals surface area contributed by atoms with Crippen LogP contribution < -0.4 is 0 Å². The van der Waals surface area contributed by atoms with Crippen molar-refractivity contribution in [3.8, 4) is 0 Å². The zero-order valence-corrected chi connectivity index (χ0v) is 11.9. The van der Waals surface area contributed by atoms with E-state index in [2.05, 4.69) is 5.38 Å². The maximum Gasteiger partial charge on any atom is 0.331 e. The number of carbonyl (C=O) groups excluding carboxylic acids is 1. The Bertz CT molecular complexity index is 519. The van der Waals surface area contributed by atoms with Gasteiger partial charge in [0.05, 0.1) is 6.04 Å². The minimum absolute atomic E-state index is 0.0929. The van der Waals surface area contributed by atoms with Crippen LogP contribution in [0.5, 0.6) is 0 Å². The highest BCUT2D eigenvalue weighted by Crippen LogP contribution is 2.34. The molecule has 1 atom stereocenters. The maximum absolute atomic E-state index is 12.4. The molecule has 5 heteroatoms. The van der Waals surface area contributed by atoms with Crippen LogP contribution in [0, 0.1) is 0 Å². The van der Waals surface area contributed by atoms with Gasteiger partial charge in [-0.3, -0.25) is 4.79 Å². The summed E-state index contributed by atoms with van der Waals surface area (Å²) in [7, 11) is 0. The number of hydrogen-bond acceptors (Lipinski definition) is 3. The standard InChI is InChI=1S/C14H17NO3S/c1-9(10(2)14(17)18)13(16)15-6-3-4-12(15)11-5-7-19-8-11/h5,7-8,12H,3-4,6H2,1-2H3,(H,17,18). The fraction of sp³-hybridized carbons (Fsp3) is 0.429. The van der Waals surface area contributed by atoms with Gasteiger partial charge in [-0.25, -0.2) is 4.79 Å². The second-order valence-corrected chi connectivity index (χ2v) is 5.55. The molecule has 102 valence electrons. The number of carboxylic acids is 1. The highest BCUT2D eigenvalue weighted by molar-refractivity contribution is 7.07. The average Bonchev–Trinajstić information content (AvgIpc) is 3.05. The Labute approximate surface area is 116 Å². The zero-order chi connectivity index (χ0) is 14.0. The first-order chi connectivity index (χ1) is 9.02. The maximum atomic E-state index is 12.4. The molecule has 1 amide bonds. The molecule has 4 nitrogen and oxygen atoms in total. The van der Waals surface area contributed by atoms with Gasteiger partial charge in [-0.1, -0.05) is 0 Å². The zero-order valence-electron chi connectivity index (χ0n) is 11.0. The molecule has 1 N–H and O–H groups in total. The number of nitrogens with zero attached hydrogens (tertiary/aromatic N) is 1. The summed E-state index contributed by atoms with van der Waals surface area (Å²) in [6.07, 6.45) is 1.91. The van der Waals surface area contributed by atoms with Gasteiger partial charge in [0.15, 0.2) is 0 Å². The van der Waals surface area contributed by atoms with E-state index < -0.39 is 5.97 Å². The van der Waals surface area contributed by atoms with Crippen molar-refractivity contribution < 1.29 is 14.7 Å². The molecule has 1 saturated heterocycles. The molecular formula is C14H17NO3S. The molecule has 1 aromatic heterocycles. The topological polar surface area (TPSA) is 57.6 Å². The van der Waals surface area contributed by atoms with Crippen LogP contribution in [-0.4, -0.2) is 28.4 Å². The normalized spacial score (nSPS) is 20.3. The molecule has 1 aliphatic rings. The Morgan fingerprint density at radius 3 is 2.68 bits per heavy atom. The van der Waals surface area contributed by atoms with E-state index in [9.17, 15) is 9.59 Å². The van der Waals surface area contributed by atoms with E-state index in [0.717, 1.165) is 18.4 Å². The summed E-state index contributed by atoms with van der Waals surface area (Å²) >= 11 is 1.62. The van der Waals surface area contributed by atoms with E-state index >= 15 is 0 Å². The summed E-state index contributed by atoms with van der Waals surface area (Å²) in [6, 6.07) is 2.12. The number of hydrogen-bond donors (Lipinski definition) is 1. The number of aliphatic carboxylic acids is 1. The lowest BCUT2D eigenvalue weighted by Gasteiger charge is -2.25. The van der Waals surface area contributed by atoms with E-state index in [4.69, 9.17) is 5.11 Å². The second kappa shape index (κ2) is 5.57. The second-order valence-electron chi connectivity index (χ2n) is 4.77. The van der Waals surface area contributed by atoms with Crippen molar-refractivity contribution in [3.63, 3.8) is 0 Å². The summed E-state index contributed by atoms with van der Waals surface area (Å²) in [6.45, 7) is 3.77. The van der Waals surface area contributed by atoms with Crippen LogP contribution in [0.4, 0.5) is 0 Å². The summed E-state index contributed by atoms with van der Waals surface area (Å²) in [5, 5.41) is 13.0. The van der Waals surface area contributed by atoms with Gasteiger partial charge in [0.1, 0.15) is 0 Å². The summed E-state index contributed by atoms with van der Waals surface area (Å²) in [5.41, 5.74) is 1.60. The van der Waals surface area contributed by atoms with Crippen LogP contribution in [-0.2, 0) is 9.59 Å². The summed E-state index contributed by atoms with van der Waals surface area (Å²) in [4.78, 5) is 25.1. The Hall–Kier alpha value is -1.62. The lowest BCUT2D eigenvalue weighted by Crippen LogP contribution is -2.31. The van der Waals surface area contributed by atoms with Crippen LogP contribution in [0.3, 0.4) is 0 Å². The molecule has 1 aromatic rings. The Morgan fingerprint density at radius 1 is 1.37 bits per heavy atom. The molecule has 0 radical (unpaired) electrons. The number of amides is 1. The fourth-order valence-electron chi connectivity index (χ4n) is 2.36. The first-order valence-electron chi connectivity index (χ1n) is 6.26. The highest BCUT2D eigenvalue weighted by atomic mass is 32.1. The number of rotatable bonds is 3. The first kappa shape index (κ1) is 13.8. The minimum Gasteiger partial charge on any atom is -0.478 e. The molecule has 0 saturated carbocycles. The third-order valence-electron chi connectivity index (χ3n) is 3.65. The van der Waals surface area contributed by atoms with Crippen molar-refractivity contribution in [2.24, 2.45) is 0 Å². The van der Waals surface area contributed by atoms with Crippen molar-refractivity contribution in [3.05, 3.63) is 33.5 Å². The molecule has 2 rings (SSSR count). The smallest absolute Gasteiger partial charge is 0.331 e. The van der Waals surface area contributed by atoms with Crippen molar-refractivity contribution in [1.29, 1.82) is 0 Å². The quantitative estimate of drug-likeness (QED) is 0.866. The van der Waals surface area contributed by atoms with E-state index in [1.807, 2.05) is 11.4 Å². The van der Waals surface area contributed by atoms with Gasteiger partial charge in [0.25, 0.3) is 5.91 Å². The van der Waals surface area contributed by atoms with Gasteiger partial charge in [0, 0.05) is 17.7 Å². The van der Waals surface area contributed by atoms with E-state index in [-0.39, 0.29) is 17.5 Å². The Morgan fingerprint density at radius 2 is 2.11 bits per heavy atom. The van der Waals surface area contributed by atoms with Crippen molar-refractivity contribution in [2.75, 3.05) is 6.54 Å². The van der Waals surface area contributed by atoms with Gasteiger partial charge in [-0.15, -0.1) is 0 Å². The number of carbonyl (C=O) groups is 2. The first-order valence-corrected chi connectivity index (χ1v) is 7.20. The average molecular weight is 279 g/mol. The molecule has 0 aromatic carbocycles. The summed E-state index contributed by atoms with van der Waals surface area (Å²) in [5.74, 6) is -1.19. The predicted molar refractivity (Wildman–Crippen MR) is 74.0 cm³/mol. The minimum atomic E-state index is -1.03. The molecule has 2 heterocycles. The Balaban J connectivity index is 2.24. The largest absolute Gasteiger partial charge is 0.478 e. The lowest BCUT2D eigenvalue weighted by molar-refractivity contribution is -0.134. The SMILES string of the molecule is CC(C(=O)O)=C(C)C(=O)N1CCCC1c1ccsc1. The van der Waals surface area contributed by atoms with Crippen LogP contribution in [0.2, 0.25) is 0 Å². The van der Waals surface area contributed by atoms with Crippen LogP contribution in [0.15, 0.2) is 28.0 Å². The molecular weight excluding hydrogens is 262 g/mol. The number of carboxylic acid groups (broad SMARTS) is 1. The van der Waals surface area contributed by atoms with Crippen molar-refractivity contribution >= 4 is 23.2 Å². The van der Waals surface area contributed by atoms with Gasteiger partial charge in [-0.05, 0) is 49.1 Å². The van der Waals surface area contributed by atoms with Crippen LogP contribution in [0.1, 0.15) is 38.3 Å². The monoisotopic (exact) mass is 279 g/mol. The van der Waals surface area contributed by atoms with Crippen LogP contribution in [0.25, 0.3) is 0 Å². The van der Waals surface area contributed by atoms with Crippen LogP contribution >= 0.6 is 11.3 Å². The van der Waals surface area contributed by atoms with E-state index in [1.165, 1.54) is 6.92 Å². The van der Waals surface area contributed by atoms with Gasteiger partial charge in [0.2, 0.25) is 0 Å².